The summed E-state index contributed by atoms with van der Waals surface area (Å²) in [5, 5.41) is 11.8. The number of nitrogens with two attached hydrogens (primary N) is 1. The van der Waals surface area contributed by atoms with Crippen LogP contribution in [0, 0.1) is 5.41 Å². The topological polar surface area (TPSA) is 102 Å². The Hall–Kier alpha value is -1.92. The monoisotopic (exact) mass is 292 g/mol. The highest BCUT2D eigenvalue weighted by molar-refractivity contribution is 5.87. The second-order valence-electron chi connectivity index (χ2n) is 5.55. The van der Waals surface area contributed by atoms with Gasteiger partial charge in [-0.05, 0) is 31.0 Å². The van der Waals surface area contributed by atoms with E-state index in [2.05, 4.69) is 5.32 Å². The van der Waals surface area contributed by atoms with Gasteiger partial charge in [0.05, 0.1) is 24.2 Å². The van der Waals surface area contributed by atoms with Gasteiger partial charge in [-0.25, -0.2) is 4.79 Å². The summed E-state index contributed by atoms with van der Waals surface area (Å²) in [6.07, 6.45) is 0.568. The Bertz CT molecular complexity index is 546. The minimum absolute atomic E-state index is 0.123. The largest absolute Gasteiger partial charge is 0.478 e. The third-order valence-electron chi connectivity index (χ3n) is 3.91. The summed E-state index contributed by atoms with van der Waals surface area (Å²) in [7, 11) is 0. The zero-order valence-electron chi connectivity index (χ0n) is 12.0. The molecule has 1 fully saturated rings. The molecule has 1 aliphatic rings. The van der Waals surface area contributed by atoms with Crippen molar-refractivity contribution in [1.29, 1.82) is 0 Å². The number of carboxylic acids is 1. The quantitative estimate of drug-likeness (QED) is 0.729. The minimum atomic E-state index is -0.956. The van der Waals surface area contributed by atoms with Crippen molar-refractivity contribution in [2.75, 3.05) is 19.8 Å². The summed E-state index contributed by atoms with van der Waals surface area (Å²) >= 11 is 0. The van der Waals surface area contributed by atoms with Gasteiger partial charge in [0.1, 0.15) is 0 Å². The predicted octanol–water partition coefficient (Wildman–Crippen LogP) is 0.407. The normalized spacial score (nSPS) is 24.8. The van der Waals surface area contributed by atoms with Crippen molar-refractivity contribution in [3.63, 3.8) is 0 Å². The lowest BCUT2D eigenvalue weighted by molar-refractivity contribution is -0.130. The molecule has 1 heterocycles. The third kappa shape index (κ3) is 3.40. The predicted molar refractivity (Wildman–Crippen MR) is 77.0 cm³/mol. The maximum atomic E-state index is 12.2. The van der Waals surface area contributed by atoms with Crippen LogP contribution in [-0.4, -0.2) is 42.8 Å². The number of carbonyl (C=O) groups is 2. The second kappa shape index (κ2) is 6.24. The number of benzene rings is 1. The van der Waals surface area contributed by atoms with Crippen molar-refractivity contribution in [2.24, 2.45) is 11.1 Å². The lowest BCUT2D eigenvalue weighted by Crippen LogP contribution is -2.50. The molecule has 1 aromatic carbocycles. The summed E-state index contributed by atoms with van der Waals surface area (Å²) in [6, 6.07) is 6.39. The summed E-state index contributed by atoms with van der Waals surface area (Å²) in [6.45, 7) is 2.95. The zero-order chi connectivity index (χ0) is 15.5. The van der Waals surface area contributed by atoms with Gasteiger partial charge in [0.15, 0.2) is 0 Å². The van der Waals surface area contributed by atoms with E-state index in [-0.39, 0.29) is 17.5 Å². The lowest BCUT2D eigenvalue weighted by Gasteiger charge is -2.25. The van der Waals surface area contributed by atoms with Crippen LogP contribution in [0.25, 0.3) is 0 Å². The first-order chi connectivity index (χ1) is 9.93. The van der Waals surface area contributed by atoms with E-state index < -0.39 is 11.4 Å². The van der Waals surface area contributed by atoms with Crippen molar-refractivity contribution < 1.29 is 19.4 Å². The molecule has 6 nitrogen and oxygen atoms in total. The molecule has 1 saturated heterocycles. The molecule has 0 bridgehead atoms. The van der Waals surface area contributed by atoms with Crippen molar-refractivity contribution >= 4 is 11.9 Å². The molecule has 2 unspecified atom stereocenters. The summed E-state index contributed by atoms with van der Waals surface area (Å²) in [5.74, 6) is -1.08. The first-order valence-corrected chi connectivity index (χ1v) is 6.87. The number of amides is 1. The van der Waals surface area contributed by atoms with Gasteiger partial charge in [0.2, 0.25) is 5.91 Å². The maximum Gasteiger partial charge on any atom is 0.335 e. The van der Waals surface area contributed by atoms with E-state index in [1.807, 2.05) is 6.07 Å². The van der Waals surface area contributed by atoms with E-state index in [9.17, 15) is 9.59 Å². The summed E-state index contributed by atoms with van der Waals surface area (Å²) in [4.78, 5) is 23.1. The number of rotatable bonds is 5. The molecule has 4 N–H and O–H groups in total. The van der Waals surface area contributed by atoms with Crippen LogP contribution in [0.1, 0.15) is 22.8 Å². The Balaban J connectivity index is 1.88. The lowest BCUT2D eigenvalue weighted by atomic mass is 9.85. The van der Waals surface area contributed by atoms with Gasteiger partial charge < -0.3 is 20.9 Å². The SMILES string of the molecule is CC1(C(=O)NCCc2cccc(C(=O)O)c2)COCC1N. The van der Waals surface area contributed by atoms with Crippen LogP contribution in [-0.2, 0) is 16.0 Å². The van der Waals surface area contributed by atoms with Crippen LogP contribution in [0.2, 0.25) is 0 Å². The van der Waals surface area contributed by atoms with Gasteiger partial charge in [-0.15, -0.1) is 0 Å². The molecular formula is C15H20N2O4. The van der Waals surface area contributed by atoms with Gasteiger partial charge in [0.25, 0.3) is 0 Å². The Morgan fingerprint density at radius 2 is 2.29 bits per heavy atom. The number of nitrogens with one attached hydrogen (secondary N) is 1. The molecule has 1 amide bonds. The fourth-order valence-corrected chi connectivity index (χ4v) is 2.30. The van der Waals surface area contributed by atoms with Gasteiger partial charge in [-0.1, -0.05) is 12.1 Å². The summed E-state index contributed by atoms with van der Waals surface area (Å²) in [5.41, 5.74) is 6.32. The Kier molecular flexibility index (Phi) is 4.59. The molecule has 1 aromatic rings. The van der Waals surface area contributed by atoms with Crippen molar-refractivity contribution in [3.8, 4) is 0 Å². The van der Waals surface area contributed by atoms with Crippen LogP contribution in [0.4, 0.5) is 0 Å². The van der Waals surface area contributed by atoms with E-state index in [1.54, 1.807) is 25.1 Å². The fourth-order valence-electron chi connectivity index (χ4n) is 2.30. The van der Waals surface area contributed by atoms with Gasteiger partial charge in [0, 0.05) is 12.6 Å². The number of hydrogen-bond donors (Lipinski definition) is 3. The highest BCUT2D eigenvalue weighted by Gasteiger charge is 2.44. The van der Waals surface area contributed by atoms with E-state index in [1.165, 1.54) is 0 Å². The maximum absolute atomic E-state index is 12.2. The molecule has 0 spiro atoms. The smallest absolute Gasteiger partial charge is 0.335 e. The number of carbonyl (C=O) groups excluding carboxylic acids is 1. The third-order valence-corrected chi connectivity index (χ3v) is 3.91. The molecule has 0 radical (unpaired) electrons. The van der Waals surface area contributed by atoms with E-state index >= 15 is 0 Å². The van der Waals surface area contributed by atoms with Gasteiger partial charge in [-0.3, -0.25) is 4.79 Å². The van der Waals surface area contributed by atoms with Crippen LogP contribution >= 0.6 is 0 Å². The summed E-state index contributed by atoms with van der Waals surface area (Å²) < 4.78 is 5.25. The average molecular weight is 292 g/mol. The molecule has 114 valence electrons. The first-order valence-electron chi connectivity index (χ1n) is 6.87. The Morgan fingerprint density at radius 3 is 2.90 bits per heavy atom. The molecule has 0 aromatic heterocycles. The fraction of sp³-hybridized carbons (Fsp3) is 0.467. The van der Waals surface area contributed by atoms with Crippen LogP contribution < -0.4 is 11.1 Å². The van der Waals surface area contributed by atoms with Gasteiger partial charge in [-0.2, -0.15) is 0 Å². The standard InChI is InChI=1S/C15H20N2O4/c1-15(9-21-8-12(15)16)14(20)17-6-5-10-3-2-4-11(7-10)13(18)19/h2-4,7,12H,5-6,8-9,16H2,1H3,(H,17,20)(H,18,19). The van der Waals surface area contributed by atoms with E-state index in [4.69, 9.17) is 15.6 Å². The Morgan fingerprint density at radius 1 is 1.52 bits per heavy atom. The molecular weight excluding hydrogens is 272 g/mol. The van der Waals surface area contributed by atoms with Gasteiger partial charge >= 0.3 is 5.97 Å². The highest BCUT2D eigenvalue weighted by atomic mass is 16.5. The number of ether oxygens (including phenoxy) is 1. The van der Waals surface area contributed by atoms with Crippen LogP contribution in [0.15, 0.2) is 24.3 Å². The molecule has 0 saturated carbocycles. The van der Waals surface area contributed by atoms with E-state index in [0.717, 1.165) is 5.56 Å². The van der Waals surface area contributed by atoms with E-state index in [0.29, 0.717) is 26.2 Å². The molecule has 6 heteroatoms. The molecule has 21 heavy (non-hydrogen) atoms. The van der Waals surface area contributed by atoms with Crippen molar-refractivity contribution in [1.82, 2.24) is 5.32 Å². The Labute approximate surface area is 123 Å². The number of carboxylic acid groups (broad SMARTS) is 1. The minimum Gasteiger partial charge on any atom is -0.478 e. The second-order valence-corrected chi connectivity index (χ2v) is 5.55. The average Bonchev–Trinajstić information content (AvgIpc) is 2.80. The number of aromatic carboxylic acids is 1. The van der Waals surface area contributed by atoms with Crippen LogP contribution in [0.3, 0.4) is 0 Å². The molecule has 0 aliphatic carbocycles. The molecule has 2 rings (SSSR count). The van der Waals surface area contributed by atoms with Crippen molar-refractivity contribution in [3.05, 3.63) is 35.4 Å². The van der Waals surface area contributed by atoms with Crippen molar-refractivity contribution in [2.45, 2.75) is 19.4 Å². The highest BCUT2D eigenvalue weighted by Crippen LogP contribution is 2.26. The number of hydrogen-bond acceptors (Lipinski definition) is 4. The molecule has 1 aliphatic heterocycles. The first kappa shape index (κ1) is 15.5. The molecule has 2 atom stereocenters. The van der Waals surface area contributed by atoms with Crippen LogP contribution in [0.5, 0.6) is 0 Å². The zero-order valence-corrected chi connectivity index (χ0v) is 12.0.